The fourth-order valence-electron chi connectivity index (χ4n) is 9.98. The van der Waals surface area contributed by atoms with E-state index in [1.807, 2.05) is 0 Å². The van der Waals surface area contributed by atoms with Crippen LogP contribution in [0.1, 0.15) is 103 Å². The number of hydrogen-bond donors (Lipinski definition) is 3. The molecule has 1 aromatic carbocycles. The van der Waals surface area contributed by atoms with E-state index in [2.05, 4.69) is 20.8 Å². The van der Waals surface area contributed by atoms with Crippen molar-refractivity contribution in [3.8, 4) is 0 Å². The molecule has 0 aliphatic heterocycles. The van der Waals surface area contributed by atoms with Crippen molar-refractivity contribution >= 4 is 0 Å². The largest absolute Gasteiger partial charge is 0.390 e. The van der Waals surface area contributed by atoms with E-state index in [9.17, 15) is 19.7 Å². The Morgan fingerprint density at radius 3 is 2.26 bits per heavy atom. The summed E-state index contributed by atoms with van der Waals surface area (Å²) < 4.78 is 13.2. The van der Waals surface area contributed by atoms with Gasteiger partial charge in [-0.1, -0.05) is 45.7 Å². The maximum atomic E-state index is 13.2. The van der Waals surface area contributed by atoms with E-state index < -0.39 is 18.3 Å². The summed E-state index contributed by atoms with van der Waals surface area (Å²) in [5.74, 6) is 3.67. The van der Waals surface area contributed by atoms with Crippen molar-refractivity contribution < 1.29 is 19.7 Å². The highest BCUT2D eigenvalue weighted by Crippen LogP contribution is 2.68. The van der Waals surface area contributed by atoms with E-state index in [-0.39, 0.29) is 17.2 Å². The van der Waals surface area contributed by atoms with Crippen LogP contribution in [-0.4, -0.2) is 27.5 Å². The molecule has 35 heavy (non-hydrogen) atoms. The molecule has 3 N–H and O–H groups in total. The standard InChI is InChI=1S/C31H47FO3/c1-19(5-4-6-27(33)20-7-9-21(32)10-8-20)23-13-14-24-22-11-12-26-29(35)28(34)16-18-31(26,3)25(22)15-17-30(23,24)2/h7-10,19,22-29,33-35H,4-6,11-18H2,1-3H3/t19-,22+,23-,24+,25+,26+,27?,28+,29-,30-,31-/m1/s1. The molecule has 4 saturated carbocycles. The number of fused-ring (bicyclic) bond motifs is 5. The predicted molar refractivity (Wildman–Crippen MR) is 137 cm³/mol. The second-order valence-electron chi connectivity index (χ2n) is 13.4. The van der Waals surface area contributed by atoms with Crippen molar-refractivity contribution in [2.75, 3.05) is 0 Å². The van der Waals surface area contributed by atoms with E-state index in [1.165, 1.54) is 44.2 Å². The summed E-state index contributed by atoms with van der Waals surface area (Å²) in [7, 11) is 0. The molecule has 0 bridgehead atoms. The SMILES string of the molecule is C[C@H](CCCC(O)c1ccc(F)cc1)[C@H]1CC[C@H]2[C@@H]3CC[C@H]4[C@@H](O)[C@@H](O)CC[C@]4(C)[C@H]3CC[C@]12C. The monoisotopic (exact) mass is 486 g/mol. The maximum Gasteiger partial charge on any atom is 0.123 e. The zero-order chi connectivity index (χ0) is 25.0. The molecule has 4 heteroatoms. The van der Waals surface area contributed by atoms with E-state index in [0.717, 1.165) is 61.8 Å². The fourth-order valence-corrected chi connectivity index (χ4v) is 9.98. The van der Waals surface area contributed by atoms with Crippen LogP contribution in [0, 0.1) is 52.2 Å². The van der Waals surface area contributed by atoms with Gasteiger partial charge in [0.25, 0.3) is 0 Å². The van der Waals surface area contributed by atoms with Crippen LogP contribution in [0.2, 0.25) is 0 Å². The Hall–Kier alpha value is -0.970. The normalized spacial score (nSPS) is 44.7. The van der Waals surface area contributed by atoms with Gasteiger partial charge in [0.2, 0.25) is 0 Å². The summed E-state index contributed by atoms with van der Waals surface area (Å²) in [6, 6.07) is 6.26. The smallest absolute Gasteiger partial charge is 0.123 e. The highest BCUT2D eigenvalue weighted by Gasteiger charge is 2.61. The molecule has 4 aliphatic carbocycles. The van der Waals surface area contributed by atoms with Gasteiger partial charge < -0.3 is 15.3 Å². The third-order valence-electron chi connectivity index (χ3n) is 11.9. The fraction of sp³-hybridized carbons (Fsp3) is 0.806. The molecule has 196 valence electrons. The van der Waals surface area contributed by atoms with Crippen LogP contribution in [-0.2, 0) is 0 Å². The number of aliphatic hydroxyl groups is 3. The second-order valence-corrected chi connectivity index (χ2v) is 13.4. The van der Waals surface area contributed by atoms with Gasteiger partial charge in [-0.2, -0.15) is 0 Å². The third-order valence-corrected chi connectivity index (χ3v) is 11.9. The summed E-state index contributed by atoms with van der Waals surface area (Å²) in [6.07, 6.45) is 10.7. The Morgan fingerprint density at radius 2 is 1.51 bits per heavy atom. The summed E-state index contributed by atoms with van der Waals surface area (Å²) in [6.45, 7) is 7.46. The molecule has 4 fully saturated rings. The third kappa shape index (κ3) is 4.40. The summed E-state index contributed by atoms with van der Waals surface area (Å²) >= 11 is 0. The Labute approximate surface area is 211 Å². The molecule has 0 spiro atoms. The minimum atomic E-state index is -0.537. The van der Waals surface area contributed by atoms with Crippen LogP contribution in [0.4, 0.5) is 4.39 Å². The molecule has 11 atom stereocenters. The van der Waals surface area contributed by atoms with Gasteiger partial charge in [0.05, 0.1) is 18.3 Å². The Balaban J connectivity index is 1.21. The van der Waals surface area contributed by atoms with Crippen molar-refractivity contribution in [2.24, 2.45) is 46.3 Å². The second kappa shape index (κ2) is 9.72. The highest BCUT2D eigenvalue weighted by atomic mass is 19.1. The lowest BCUT2D eigenvalue weighted by molar-refractivity contribution is -0.174. The zero-order valence-corrected chi connectivity index (χ0v) is 22.0. The van der Waals surface area contributed by atoms with Gasteiger partial charge in [0.1, 0.15) is 5.82 Å². The van der Waals surface area contributed by atoms with Gasteiger partial charge in [0.15, 0.2) is 0 Å². The minimum Gasteiger partial charge on any atom is -0.390 e. The van der Waals surface area contributed by atoms with E-state index in [1.54, 1.807) is 12.1 Å². The summed E-state index contributed by atoms with van der Waals surface area (Å²) in [4.78, 5) is 0. The van der Waals surface area contributed by atoms with Crippen molar-refractivity contribution in [3.05, 3.63) is 35.6 Å². The first kappa shape index (κ1) is 25.7. The topological polar surface area (TPSA) is 60.7 Å². The number of halogens is 1. The quantitative estimate of drug-likeness (QED) is 0.421. The molecule has 0 heterocycles. The summed E-state index contributed by atoms with van der Waals surface area (Å²) in [5.41, 5.74) is 1.41. The first-order valence-corrected chi connectivity index (χ1v) is 14.4. The predicted octanol–water partition coefficient (Wildman–Crippen LogP) is 6.66. The number of aliphatic hydroxyl groups excluding tert-OH is 3. The van der Waals surface area contributed by atoms with Gasteiger partial charge >= 0.3 is 0 Å². The number of hydrogen-bond acceptors (Lipinski definition) is 3. The summed E-state index contributed by atoms with van der Waals surface area (Å²) in [5, 5.41) is 31.7. The average Bonchev–Trinajstić information content (AvgIpc) is 3.19. The molecule has 0 aromatic heterocycles. The molecule has 0 amide bonds. The lowest BCUT2D eigenvalue weighted by Gasteiger charge is -2.62. The first-order valence-electron chi connectivity index (χ1n) is 14.4. The molecule has 0 saturated heterocycles. The molecule has 3 nitrogen and oxygen atoms in total. The lowest BCUT2D eigenvalue weighted by Crippen LogP contribution is -2.58. The van der Waals surface area contributed by atoms with Crippen LogP contribution in [0.25, 0.3) is 0 Å². The van der Waals surface area contributed by atoms with Gasteiger partial charge in [-0.05, 0) is 122 Å². The Morgan fingerprint density at radius 1 is 0.857 bits per heavy atom. The molecule has 4 aliphatic rings. The molecular formula is C31H47FO3. The van der Waals surface area contributed by atoms with Gasteiger partial charge in [-0.15, -0.1) is 0 Å². The van der Waals surface area contributed by atoms with E-state index in [4.69, 9.17) is 0 Å². The van der Waals surface area contributed by atoms with Crippen molar-refractivity contribution in [1.82, 2.24) is 0 Å². The van der Waals surface area contributed by atoms with Gasteiger partial charge in [0, 0.05) is 0 Å². The Kier molecular flexibility index (Phi) is 7.13. The molecular weight excluding hydrogens is 439 g/mol. The number of benzene rings is 1. The van der Waals surface area contributed by atoms with Crippen molar-refractivity contribution in [3.63, 3.8) is 0 Å². The highest BCUT2D eigenvalue weighted by molar-refractivity contribution is 5.18. The molecule has 1 aromatic rings. The van der Waals surface area contributed by atoms with Crippen molar-refractivity contribution in [1.29, 1.82) is 0 Å². The van der Waals surface area contributed by atoms with E-state index >= 15 is 0 Å². The van der Waals surface area contributed by atoms with Crippen LogP contribution in [0.5, 0.6) is 0 Å². The van der Waals surface area contributed by atoms with Crippen LogP contribution >= 0.6 is 0 Å². The number of rotatable bonds is 6. The Bertz CT molecular complexity index is 872. The lowest BCUT2D eigenvalue weighted by atomic mass is 9.44. The van der Waals surface area contributed by atoms with Crippen LogP contribution in [0.3, 0.4) is 0 Å². The van der Waals surface area contributed by atoms with Gasteiger partial charge in [-0.3, -0.25) is 0 Å². The minimum absolute atomic E-state index is 0.184. The first-order chi connectivity index (χ1) is 16.6. The van der Waals surface area contributed by atoms with Crippen molar-refractivity contribution in [2.45, 2.75) is 110 Å². The van der Waals surface area contributed by atoms with Gasteiger partial charge in [-0.25, -0.2) is 4.39 Å². The maximum absolute atomic E-state index is 13.2. The molecule has 0 radical (unpaired) electrons. The average molecular weight is 487 g/mol. The van der Waals surface area contributed by atoms with E-state index in [0.29, 0.717) is 17.3 Å². The zero-order valence-electron chi connectivity index (χ0n) is 22.0. The molecule has 5 rings (SSSR count). The molecule has 1 unspecified atom stereocenters. The van der Waals surface area contributed by atoms with Crippen LogP contribution < -0.4 is 0 Å². The van der Waals surface area contributed by atoms with Crippen LogP contribution in [0.15, 0.2) is 24.3 Å².